The first-order chi connectivity index (χ1) is 17.9. The van der Waals surface area contributed by atoms with E-state index in [1.165, 1.54) is 0 Å². The van der Waals surface area contributed by atoms with Gasteiger partial charge in [-0.25, -0.2) is 9.97 Å². The van der Waals surface area contributed by atoms with Gasteiger partial charge in [0.1, 0.15) is 22.5 Å². The van der Waals surface area contributed by atoms with Gasteiger partial charge in [-0.1, -0.05) is 48.0 Å². The largest absolute Gasteiger partial charge is 0.383 e. The minimum absolute atomic E-state index is 0.0259. The first-order valence-electron chi connectivity index (χ1n) is 12.5. The standard InChI is InChI=1S/C27H31ClN8O/c28-23-22(18-10-11-19-20(13-18)33-27(31)36-24(19)30)34-25(35-23)21(12-15-4-2-1-3-5-15)32-26(37)17-8-6-16(14-29)7-9-17/h1-5,10-11,13,16-17,21H,6-9,12,14,29H2,(H,32,37)(H,34,35)(H4,30,31,33,36)/t16-,17-,21-/m0/s1. The number of rotatable bonds is 7. The number of benzene rings is 2. The monoisotopic (exact) mass is 518 g/mol. The van der Waals surface area contributed by atoms with Crippen LogP contribution in [0, 0.1) is 11.8 Å². The van der Waals surface area contributed by atoms with Gasteiger partial charge in [0, 0.05) is 16.9 Å². The summed E-state index contributed by atoms with van der Waals surface area (Å²) >= 11 is 6.63. The Kier molecular flexibility index (Phi) is 7.25. The SMILES string of the molecule is NC[C@H]1CC[C@H](C(=O)N[C@@H](Cc2ccccc2)c2nc(-c3ccc4c(N)nc(N)nc4c3)c(Cl)[nH]2)CC1. The van der Waals surface area contributed by atoms with Crippen molar-refractivity contribution in [2.45, 2.75) is 38.1 Å². The number of amides is 1. The molecular weight excluding hydrogens is 488 g/mol. The Bertz CT molecular complexity index is 1400. The molecule has 1 amide bonds. The van der Waals surface area contributed by atoms with Gasteiger partial charge in [-0.3, -0.25) is 4.79 Å². The molecule has 2 aromatic heterocycles. The summed E-state index contributed by atoms with van der Waals surface area (Å²) in [6.45, 7) is 0.679. The molecule has 1 aliphatic rings. The molecule has 37 heavy (non-hydrogen) atoms. The molecule has 0 unspecified atom stereocenters. The number of carbonyl (C=O) groups is 1. The molecule has 0 aliphatic heterocycles. The lowest BCUT2D eigenvalue weighted by Gasteiger charge is -2.28. The maximum Gasteiger partial charge on any atom is 0.223 e. The number of halogens is 1. The summed E-state index contributed by atoms with van der Waals surface area (Å²) in [6, 6.07) is 15.2. The first-order valence-corrected chi connectivity index (χ1v) is 12.9. The van der Waals surface area contributed by atoms with Gasteiger partial charge in [0.05, 0.1) is 11.6 Å². The highest BCUT2D eigenvalue weighted by atomic mass is 35.5. The molecule has 4 aromatic rings. The molecule has 0 saturated heterocycles. The average molecular weight is 519 g/mol. The fourth-order valence-electron chi connectivity index (χ4n) is 5.06. The van der Waals surface area contributed by atoms with E-state index in [1.807, 2.05) is 48.5 Å². The van der Waals surface area contributed by atoms with E-state index >= 15 is 0 Å². The van der Waals surface area contributed by atoms with Crippen LogP contribution in [0.1, 0.15) is 43.1 Å². The smallest absolute Gasteiger partial charge is 0.223 e. The summed E-state index contributed by atoms with van der Waals surface area (Å²) in [5.74, 6) is 1.53. The number of imidazole rings is 1. The molecule has 0 spiro atoms. The number of fused-ring (bicyclic) bond motifs is 1. The topological polar surface area (TPSA) is 162 Å². The van der Waals surface area contributed by atoms with E-state index in [0.29, 0.717) is 52.3 Å². The van der Waals surface area contributed by atoms with Crippen LogP contribution < -0.4 is 22.5 Å². The number of anilines is 2. The van der Waals surface area contributed by atoms with Gasteiger partial charge >= 0.3 is 0 Å². The predicted octanol–water partition coefficient (Wildman–Crippen LogP) is 4.00. The number of nitrogens with zero attached hydrogens (tertiary/aromatic N) is 3. The van der Waals surface area contributed by atoms with Gasteiger partial charge in [0.25, 0.3) is 0 Å². The van der Waals surface area contributed by atoms with E-state index in [9.17, 15) is 4.79 Å². The van der Waals surface area contributed by atoms with Crippen molar-refractivity contribution in [3.05, 3.63) is 65.1 Å². The summed E-state index contributed by atoms with van der Waals surface area (Å²) in [5.41, 5.74) is 20.6. The second-order valence-electron chi connectivity index (χ2n) is 9.69. The molecule has 0 radical (unpaired) electrons. The minimum atomic E-state index is -0.373. The van der Waals surface area contributed by atoms with Crippen LogP contribution >= 0.6 is 11.6 Å². The van der Waals surface area contributed by atoms with Crippen molar-refractivity contribution in [3.63, 3.8) is 0 Å². The van der Waals surface area contributed by atoms with Crippen molar-refractivity contribution >= 4 is 40.2 Å². The highest BCUT2D eigenvalue weighted by Crippen LogP contribution is 2.33. The number of nitrogen functional groups attached to an aromatic ring is 2. The van der Waals surface area contributed by atoms with Crippen molar-refractivity contribution in [1.29, 1.82) is 0 Å². The molecule has 2 aromatic carbocycles. The number of nitrogens with two attached hydrogens (primary N) is 3. The second-order valence-corrected chi connectivity index (χ2v) is 10.1. The Hall–Kier alpha value is -3.69. The minimum Gasteiger partial charge on any atom is -0.383 e. The van der Waals surface area contributed by atoms with Crippen LogP contribution in [0.3, 0.4) is 0 Å². The number of aromatic nitrogens is 4. The lowest BCUT2D eigenvalue weighted by molar-refractivity contribution is -0.127. The van der Waals surface area contributed by atoms with Crippen molar-refractivity contribution < 1.29 is 4.79 Å². The van der Waals surface area contributed by atoms with Gasteiger partial charge in [-0.2, -0.15) is 4.98 Å². The molecule has 2 heterocycles. The number of H-pyrrole nitrogens is 1. The molecule has 10 heteroatoms. The lowest BCUT2D eigenvalue weighted by atomic mass is 9.81. The molecule has 5 rings (SSSR count). The molecule has 1 saturated carbocycles. The number of aromatic amines is 1. The summed E-state index contributed by atoms with van der Waals surface area (Å²) in [6.07, 6.45) is 4.23. The molecule has 1 aliphatic carbocycles. The first kappa shape index (κ1) is 25.0. The van der Waals surface area contributed by atoms with Crippen molar-refractivity contribution in [3.8, 4) is 11.3 Å². The van der Waals surface area contributed by atoms with Crippen LogP contribution in [0.2, 0.25) is 5.15 Å². The number of hydrogen-bond acceptors (Lipinski definition) is 7. The maximum atomic E-state index is 13.3. The summed E-state index contributed by atoms with van der Waals surface area (Å²) in [4.78, 5) is 29.6. The quantitative estimate of drug-likeness (QED) is 0.247. The predicted molar refractivity (Wildman–Crippen MR) is 146 cm³/mol. The van der Waals surface area contributed by atoms with Crippen molar-refractivity contribution in [1.82, 2.24) is 25.3 Å². The highest BCUT2D eigenvalue weighted by Gasteiger charge is 2.29. The average Bonchev–Trinajstić information content (AvgIpc) is 3.30. The maximum absolute atomic E-state index is 13.3. The summed E-state index contributed by atoms with van der Waals surface area (Å²) < 4.78 is 0. The van der Waals surface area contributed by atoms with Crippen LogP contribution in [0.4, 0.5) is 11.8 Å². The zero-order chi connectivity index (χ0) is 25.9. The third-order valence-electron chi connectivity index (χ3n) is 7.18. The van der Waals surface area contributed by atoms with Crippen LogP contribution in [0.15, 0.2) is 48.5 Å². The van der Waals surface area contributed by atoms with Crippen LogP contribution in [0.5, 0.6) is 0 Å². The van der Waals surface area contributed by atoms with E-state index in [0.717, 1.165) is 36.8 Å². The normalized spacial score (nSPS) is 18.5. The van der Waals surface area contributed by atoms with E-state index in [4.69, 9.17) is 33.8 Å². The zero-order valence-electron chi connectivity index (χ0n) is 20.5. The van der Waals surface area contributed by atoms with E-state index in [-0.39, 0.29) is 23.8 Å². The highest BCUT2D eigenvalue weighted by molar-refractivity contribution is 6.32. The lowest BCUT2D eigenvalue weighted by Crippen LogP contribution is -2.37. The van der Waals surface area contributed by atoms with Gasteiger partial charge in [0.2, 0.25) is 11.9 Å². The van der Waals surface area contributed by atoms with Gasteiger partial charge < -0.3 is 27.5 Å². The Labute approximate surface area is 220 Å². The Morgan fingerprint density at radius 3 is 2.54 bits per heavy atom. The van der Waals surface area contributed by atoms with Gasteiger partial charge in [0.15, 0.2) is 0 Å². The molecular formula is C27H31ClN8O. The second kappa shape index (κ2) is 10.7. The Balaban J connectivity index is 1.44. The molecule has 8 N–H and O–H groups in total. The summed E-state index contributed by atoms with van der Waals surface area (Å²) in [5, 5.41) is 4.32. The van der Waals surface area contributed by atoms with Crippen LogP contribution in [0.25, 0.3) is 22.2 Å². The number of hydrogen-bond donors (Lipinski definition) is 5. The Morgan fingerprint density at radius 1 is 1.05 bits per heavy atom. The van der Waals surface area contributed by atoms with E-state index in [1.54, 1.807) is 0 Å². The molecule has 9 nitrogen and oxygen atoms in total. The molecule has 0 bridgehead atoms. The zero-order valence-corrected chi connectivity index (χ0v) is 21.2. The van der Waals surface area contributed by atoms with E-state index < -0.39 is 0 Å². The van der Waals surface area contributed by atoms with Crippen LogP contribution in [-0.2, 0) is 11.2 Å². The third-order valence-corrected chi connectivity index (χ3v) is 7.45. The fourth-order valence-corrected chi connectivity index (χ4v) is 5.31. The summed E-state index contributed by atoms with van der Waals surface area (Å²) in [7, 11) is 0. The number of nitrogens with one attached hydrogen (secondary N) is 2. The fraction of sp³-hybridized carbons (Fsp3) is 0.333. The van der Waals surface area contributed by atoms with Gasteiger partial charge in [-0.15, -0.1) is 0 Å². The van der Waals surface area contributed by atoms with Gasteiger partial charge in [-0.05, 0) is 62.3 Å². The van der Waals surface area contributed by atoms with Crippen molar-refractivity contribution in [2.75, 3.05) is 18.0 Å². The van der Waals surface area contributed by atoms with Crippen LogP contribution in [-0.4, -0.2) is 32.4 Å². The molecule has 1 atom stereocenters. The molecule has 192 valence electrons. The molecule has 1 fully saturated rings. The van der Waals surface area contributed by atoms with E-state index in [2.05, 4.69) is 20.3 Å². The third kappa shape index (κ3) is 5.52. The Morgan fingerprint density at radius 2 is 1.81 bits per heavy atom. The number of carbonyl (C=O) groups excluding carboxylic acids is 1. The van der Waals surface area contributed by atoms with Crippen molar-refractivity contribution in [2.24, 2.45) is 17.6 Å².